The van der Waals surface area contributed by atoms with Gasteiger partial charge in [-0.15, -0.1) is 0 Å². The van der Waals surface area contributed by atoms with Gasteiger partial charge in [-0.2, -0.15) is 26.3 Å². The fourth-order valence-electron chi connectivity index (χ4n) is 2.06. The molecule has 0 aromatic heterocycles. The summed E-state index contributed by atoms with van der Waals surface area (Å²) in [6.07, 6.45) is -10.1. The van der Waals surface area contributed by atoms with Crippen LogP contribution in [0.3, 0.4) is 0 Å². The number of alkyl halides is 6. The van der Waals surface area contributed by atoms with Gasteiger partial charge in [0.2, 0.25) is 5.91 Å². The van der Waals surface area contributed by atoms with Gasteiger partial charge in [0.15, 0.2) is 0 Å². The Morgan fingerprint density at radius 1 is 1.14 bits per heavy atom. The molecule has 1 heterocycles. The van der Waals surface area contributed by atoms with Crippen LogP contribution in [0.5, 0.6) is 0 Å². The van der Waals surface area contributed by atoms with Crippen LogP contribution >= 0.6 is 0 Å². The lowest BCUT2D eigenvalue weighted by Gasteiger charge is -2.40. The zero-order valence-corrected chi connectivity index (χ0v) is 10.6. The molecule has 0 spiro atoms. The van der Waals surface area contributed by atoms with Crippen LogP contribution in [0.2, 0.25) is 0 Å². The average Bonchev–Trinajstić information content (AvgIpc) is 2.35. The number of carbonyl (C=O) groups excluding carboxylic acids is 2. The van der Waals surface area contributed by atoms with Crippen molar-refractivity contribution in [2.24, 2.45) is 0 Å². The third-order valence-corrected chi connectivity index (χ3v) is 3.01. The molecule has 1 N–H and O–H groups in total. The quantitative estimate of drug-likeness (QED) is 0.623. The summed E-state index contributed by atoms with van der Waals surface area (Å²) in [6.45, 7) is 2.40. The monoisotopic (exact) mass is 318 g/mol. The second-order valence-electron chi connectivity index (χ2n) is 4.50. The Balaban J connectivity index is 2.82. The summed E-state index contributed by atoms with van der Waals surface area (Å²) in [6, 6.07) is -3.29. The zero-order chi connectivity index (χ0) is 16.4. The Hall–Kier alpha value is -1.74. The highest BCUT2D eigenvalue weighted by atomic mass is 19.4. The number of amides is 2. The van der Waals surface area contributed by atoms with Gasteiger partial charge in [0, 0.05) is 12.6 Å². The molecule has 0 aromatic carbocycles. The maximum Gasteiger partial charge on any atom is 0.471 e. The van der Waals surface area contributed by atoms with Crippen molar-refractivity contribution in [1.29, 1.82) is 0 Å². The molecule has 0 aromatic rings. The van der Waals surface area contributed by atoms with Crippen molar-refractivity contribution >= 4 is 11.8 Å². The molecule has 2 atom stereocenters. The SMILES string of the molecule is C=CC(=O)N1C[C@H](NC(=O)C(F)(F)F)CC[C@H]1C(F)(F)F. The van der Waals surface area contributed by atoms with E-state index < -0.39 is 49.2 Å². The van der Waals surface area contributed by atoms with E-state index in [1.54, 1.807) is 5.32 Å². The van der Waals surface area contributed by atoms with Crippen LogP contribution in [0.1, 0.15) is 12.8 Å². The standard InChI is InChI=1S/C11H12F6N2O2/c1-2-8(20)19-5-6(18-9(21)11(15,16)17)3-4-7(19)10(12,13)14/h2,6-7H,1,3-5H2,(H,18,21)/t6-,7+/m1/s1. The van der Waals surface area contributed by atoms with Crippen molar-refractivity contribution in [2.45, 2.75) is 37.3 Å². The molecule has 120 valence electrons. The number of hydrogen-bond donors (Lipinski definition) is 1. The van der Waals surface area contributed by atoms with Crippen molar-refractivity contribution in [3.05, 3.63) is 12.7 Å². The fraction of sp³-hybridized carbons (Fsp3) is 0.636. The molecule has 21 heavy (non-hydrogen) atoms. The second-order valence-corrected chi connectivity index (χ2v) is 4.50. The highest BCUT2D eigenvalue weighted by molar-refractivity contribution is 5.87. The zero-order valence-electron chi connectivity index (χ0n) is 10.6. The number of nitrogens with one attached hydrogen (secondary N) is 1. The summed E-state index contributed by atoms with van der Waals surface area (Å²) >= 11 is 0. The third-order valence-electron chi connectivity index (χ3n) is 3.01. The summed E-state index contributed by atoms with van der Waals surface area (Å²) in [5.74, 6) is -3.30. The van der Waals surface area contributed by atoms with Crippen LogP contribution in [-0.2, 0) is 9.59 Å². The van der Waals surface area contributed by atoms with E-state index in [2.05, 4.69) is 6.58 Å². The fourth-order valence-corrected chi connectivity index (χ4v) is 2.06. The van der Waals surface area contributed by atoms with Gasteiger partial charge in [0.1, 0.15) is 6.04 Å². The van der Waals surface area contributed by atoms with Gasteiger partial charge in [-0.3, -0.25) is 9.59 Å². The molecular formula is C11H12F6N2O2. The predicted molar refractivity (Wildman–Crippen MR) is 59.0 cm³/mol. The Morgan fingerprint density at radius 2 is 1.71 bits per heavy atom. The molecule has 1 aliphatic heterocycles. The summed E-state index contributed by atoms with van der Waals surface area (Å²) < 4.78 is 74.6. The highest BCUT2D eigenvalue weighted by Crippen LogP contribution is 2.32. The van der Waals surface area contributed by atoms with Crippen LogP contribution in [0.4, 0.5) is 26.3 Å². The van der Waals surface area contributed by atoms with Crippen molar-refractivity contribution in [3.63, 3.8) is 0 Å². The first-order valence-corrected chi connectivity index (χ1v) is 5.84. The smallest absolute Gasteiger partial charge is 0.344 e. The molecule has 1 rings (SSSR count). The highest BCUT2D eigenvalue weighted by Gasteiger charge is 2.48. The van der Waals surface area contributed by atoms with Crippen LogP contribution in [0.25, 0.3) is 0 Å². The van der Waals surface area contributed by atoms with E-state index in [4.69, 9.17) is 0 Å². The number of hydrogen-bond acceptors (Lipinski definition) is 2. The molecule has 0 radical (unpaired) electrons. The van der Waals surface area contributed by atoms with Crippen LogP contribution in [0.15, 0.2) is 12.7 Å². The van der Waals surface area contributed by atoms with Crippen molar-refractivity contribution in [3.8, 4) is 0 Å². The van der Waals surface area contributed by atoms with Gasteiger partial charge in [0.05, 0.1) is 0 Å². The Labute approximate surface area is 115 Å². The summed E-state index contributed by atoms with van der Waals surface area (Å²) in [4.78, 5) is 22.6. The largest absolute Gasteiger partial charge is 0.471 e. The number of rotatable bonds is 2. The van der Waals surface area contributed by atoms with E-state index >= 15 is 0 Å². The molecular weight excluding hydrogens is 306 g/mol. The van der Waals surface area contributed by atoms with E-state index in [0.717, 1.165) is 0 Å². The molecule has 0 aliphatic carbocycles. The molecule has 2 amide bonds. The lowest BCUT2D eigenvalue weighted by molar-refractivity contribution is -0.196. The van der Waals surface area contributed by atoms with Crippen LogP contribution in [-0.4, -0.2) is 47.7 Å². The number of carbonyl (C=O) groups is 2. The van der Waals surface area contributed by atoms with Gasteiger partial charge >= 0.3 is 18.3 Å². The van der Waals surface area contributed by atoms with Crippen LogP contribution < -0.4 is 5.32 Å². The van der Waals surface area contributed by atoms with Gasteiger partial charge in [0.25, 0.3) is 0 Å². The number of likely N-dealkylation sites (tertiary alicyclic amines) is 1. The van der Waals surface area contributed by atoms with Crippen molar-refractivity contribution in [2.75, 3.05) is 6.54 Å². The van der Waals surface area contributed by atoms with Crippen LogP contribution in [0, 0.1) is 0 Å². The first kappa shape index (κ1) is 17.3. The van der Waals surface area contributed by atoms with E-state index in [-0.39, 0.29) is 6.42 Å². The minimum absolute atomic E-state index is 0.313. The molecule has 10 heteroatoms. The summed E-state index contributed by atoms with van der Waals surface area (Å²) in [7, 11) is 0. The number of halogens is 6. The van der Waals surface area contributed by atoms with Gasteiger partial charge < -0.3 is 10.2 Å². The third kappa shape index (κ3) is 4.36. The molecule has 0 saturated carbocycles. The topological polar surface area (TPSA) is 49.4 Å². The molecule has 0 bridgehead atoms. The number of piperidine rings is 1. The molecule has 1 saturated heterocycles. The molecule has 4 nitrogen and oxygen atoms in total. The van der Waals surface area contributed by atoms with E-state index in [1.165, 1.54) is 0 Å². The lowest BCUT2D eigenvalue weighted by atomic mass is 9.97. The van der Waals surface area contributed by atoms with Crippen molar-refractivity contribution < 1.29 is 35.9 Å². The summed E-state index contributed by atoms with van der Waals surface area (Å²) in [5, 5.41) is 1.58. The van der Waals surface area contributed by atoms with Gasteiger partial charge in [-0.05, 0) is 18.9 Å². The number of nitrogens with zero attached hydrogens (tertiary/aromatic N) is 1. The molecule has 0 unspecified atom stereocenters. The maximum atomic E-state index is 12.8. The average molecular weight is 318 g/mol. The van der Waals surface area contributed by atoms with E-state index in [9.17, 15) is 35.9 Å². The summed E-state index contributed by atoms with van der Waals surface area (Å²) in [5.41, 5.74) is 0. The normalized spacial score (nSPS) is 23.6. The van der Waals surface area contributed by atoms with E-state index in [1.807, 2.05) is 0 Å². The first-order valence-electron chi connectivity index (χ1n) is 5.84. The first-order chi connectivity index (χ1) is 9.46. The van der Waals surface area contributed by atoms with Gasteiger partial charge in [-0.25, -0.2) is 0 Å². The predicted octanol–water partition coefficient (Wildman–Crippen LogP) is 1.77. The molecule has 1 fully saturated rings. The minimum atomic E-state index is -5.13. The minimum Gasteiger partial charge on any atom is -0.344 e. The van der Waals surface area contributed by atoms with E-state index in [0.29, 0.717) is 11.0 Å². The second kappa shape index (κ2) is 5.94. The Bertz CT molecular complexity index is 431. The maximum absolute atomic E-state index is 12.8. The lowest BCUT2D eigenvalue weighted by Crippen LogP contribution is -2.59. The van der Waals surface area contributed by atoms with Gasteiger partial charge in [-0.1, -0.05) is 6.58 Å². The molecule has 1 aliphatic rings. The van der Waals surface area contributed by atoms with Crippen molar-refractivity contribution in [1.82, 2.24) is 10.2 Å². The Kier molecular flexibility index (Phi) is 4.90. The Morgan fingerprint density at radius 3 is 2.14 bits per heavy atom.